The zero-order chi connectivity index (χ0) is 14.9. The molecule has 2 N–H and O–H groups in total. The zero-order valence-corrected chi connectivity index (χ0v) is 12.7. The van der Waals surface area contributed by atoms with Gasteiger partial charge in [-0.25, -0.2) is 0 Å². The lowest BCUT2D eigenvalue weighted by Gasteiger charge is -2.07. The molecule has 0 bridgehead atoms. The summed E-state index contributed by atoms with van der Waals surface area (Å²) in [5.41, 5.74) is 9.55. The van der Waals surface area contributed by atoms with Crippen LogP contribution in [0.2, 0.25) is 5.02 Å². The van der Waals surface area contributed by atoms with Gasteiger partial charge in [0.2, 0.25) is 0 Å². The van der Waals surface area contributed by atoms with Crippen molar-refractivity contribution in [3.05, 3.63) is 45.7 Å². The summed E-state index contributed by atoms with van der Waals surface area (Å²) in [6.07, 6.45) is 0.232. The summed E-state index contributed by atoms with van der Waals surface area (Å²) < 4.78 is 1.77. The highest BCUT2D eigenvalue weighted by atomic mass is 35.5. The van der Waals surface area contributed by atoms with Crippen molar-refractivity contribution >= 4 is 23.1 Å². The molecule has 0 saturated heterocycles. The number of benzene rings is 1. The van der Waals surface area contributed by atoms with Crippen LogP contribution >= 0.6 is 11.6 Å². The van der Waals surface area contributed by atoms with Gasteiger partial charge in [0.15, 0.2) is 5.78 Å². The van der Waals surface area contributed by atoms with E-state index in [0.29, 0.717) is 22.8 Å². The Labute approximate surface area is 123 Å². The lowest BCUT2D eigenvalue weighted by Crippen LogP contribution is -2.10. The highest BCUT2D eigenvalue weighted by Crippen LogP contribution is 2.22. The van der Waals surface area contributed by atoms with Crippen LogP contribution in [0.15, 0.2) is 18.2 Å². The van der Waals surface area contributed by atoms with Gasteiger partial charge in [0.05, 0.1) is 22.8 Å². The quantitative estimate of drug-likeness (QED) is 0.695. The molecule has 4 nitrogen and oxygen atoms in total. The first-order valence-corrected chi connectivity index (χ1v) is 6.93. The molecular weight excluding hydrogens is 274 g/mol. The van der Waals surface area contributed by atoms with Crippen LogP contribution in [0.3, 0.4) is 0 Å². The van der Waals surface area contributed by atoms with E-state index in [4.69, 9.17) is 17.3 Å². The predicted octanol–water partition coefficient (Wildman–Crippen LogP) is 3.18. The van der Waals surface area contributed by atoms with Gasteiger partial charge in [-0.3, -0.25) is 9.48 Å². The Kier molecular flexibility index (Phi) is 4.14. The third kappa shape index (κ3) is 2.70. The molecule has 20 heavy (non-hydrogen) atoms. The van der Waals surface area contributed by atoms with Crippen LogP contribution in [0.25, 0.3) is 0 Å². The summed E-state index contributed by atoms with van der Waals surface area (Å²) >= 11 is 6.22. The standard InChI is InChI=1S/C15H18ClN3O/c1-4-19-13(15(16)10(3)18-19)8-14(20)11-6-5-9(2)12(17)7-11/h5-7H,4,8,17H2,1-3H3. The maximum absolute atomic E-state index is 12.4. The van der Waals surface area contributed by atoms with Gasteiger partial charge in [-0.1, -0.05) is 23.7 Å². The first-order chi connectivity index (χ1) is 9.43. The van der Waals surface area contributed by atoms with Crippen molar-refractivity contribution in [2.45, 2.75) is 33.7 Å². The molecule has 2 aromatic rings. The first-order valence-electron chi connectivity index (χ1n) is 6.55. The SMILES string of the molecule is CCn1nc(C)c(Cl)c1CC(=O)c1ccc(C)c(N)c1. The summed E-state index contributed by atoms with van der Waals surface area (Å²) in [6, 6.07) is 5.36. The van der Waals surface area contributed by atoms with Gasteiger partial charge in [0.25, 0.3) is 0 Å². The third-order valence-electron chi connectivity index (χ3n) is 3.38. The van der Waals surface area contributed by atoms with Crippen LogP contribution in [0.5, 0.6) is 0 Å². The van der Waals surface area contributed by atoms with Crippen molar-refractivity contribution in [3.8, 4) is 0 Å². The van der Waals surface area contributed by atoms with E-state index in [-0.39, 0.29) is 12.2 Å². The van der Waals surface area contributed by atoms with Crippen LogP contribution < -0.4 is 5.73 Å². The molecule has 0 fully saturated rings. The molecular formula is C15H18ClN3O. The topological polar surface area (TPSA) is 60.9 Å². The molecule has 0 aliphatic carbocycles. The summed E-state index contributed by atoms with van der Waals surface area (Å²) in [7, 11) is 0. The predicted molar refractivity (Wildman–Crippen MR) is 81.3 cm³/mol. The summed E-state index contributed by atoms with van der Waals surface area (Å²) in [6.45, 7) is 6.41. The number of hydrogen-bond acceptors (Lipinski definition) is 3. The maximum Gasteiger partial charge on any atom is 0.168 e. The fraction of sp³-hybridized carbons (Fsp3) is 0.333. The molecule has 0 atom stereocenters. The fourth-order valence-electron chi connectivity index (χ4n) is 2.11. The summed E-state index contributed by atoms with van der Waals surface area (Å²) in [4.78, 5) is 12.4. The Bertz CT molecular complexity index is 661. The Hall–Kier alpha value is -1.81. The van der Waals surface area contributed by atoms with Gasteiger partial charge < -0.3 is 5.73 Å². The van der Waals surface area contributed by atoms with E-state index >= 15 is 0 Å². The number of nitrogens with two attached hydrogens (primary N) is 1. The number of ketones is 1. The second-order valence-electron chi connectivity index (χ2n) is 4.83. The number of Topliss-reactive ketones (excluding diaryl/α,β-unsaturated/α-hetero) is 1. The Morgan fingerprint density at radius 2 is 2.10 bits per heavy atom. The number of halogens is 1. The van der Waals surface area contributed by atoms with Gasteiger partial charge >= 0.3 is 0 Å². The number of hydrogen-bond donors (Lipinski definition) is 1. The number of carbonyl (C=O) groups excluding carboxylic acids is 1. The fourth-order valence-corrected chi connectivity index (χ4v) is 2.31. The largest absolute Gasteiger partial charge is 0.398 e. The Morgan fingerprint density at radius 1 is 1.40 bits per heavy atom. The molecule has 2 rings (SSSR count). The van der Waals surface area contributed by atoms with Gasteiger partial charge in [-0.15, -0.1) is 0 Å². The van der Waals surface area contributed by atoms with E-state index in [1.54, 1.807) is 16.8 Å². The normalized spacial score (nSPS) is 10.8. The van der Waals surface area contributed by atoms with E-state index in [0.717, 1.165) is 17.0 Å². The molecule has 0 spiro atoms. The highest BCUT2D eigenvalue weighted by molar-refractivity contribution is 6.32. The molecule has 0 radical (unpaired) electrons. The molecule has 106 valence electrons. The average Bonchev–Trinajstić information content (AvgIpc) is 2.69. The molecule has 1 aromatic carbocycles. The number of anilines is 1. The minimum Gasteiger partial charge on any atom is -0.398 e. The van der Waals surface area contributed by atoms with Crippen LogP contribution in [-0.2, 0) is 13.0 Å². The Morgan fingerprint density at radius 3 is 2.70 bits per heavy atom. The molecule has 1 aromatic heterocycles. The lowest BCUT2D eigenvalue weighted by molar-refractivity contribution is 0.0990. The van der Waals surface area contributed by atoms with E-state index in [1.165, 1.54) is 0 Å². The molecule has 1 heterocycles. The highest BCUT2D eigenvalue weighted by Gasteiger charge is 2.17. The lowest BCUT2D eigenvalue weighted by atomic mass is 10.0. The molecule has 0 amide bonds. The van der Waals surface area contributed by atoms with Crippen LogP contribution in [0.1, 0.15) is 34.2 Å². The molecule has 5 heteroatoms. The third-order valence-corrected chi connectivity index (χ3v) is 3.87. The van der Waals surface area contributed by atoms with Crippen molar-refractivity contribution in [2.24, 2.45) is 0 Å². The zero-order valence-electron chi connectivity index (χ0n) is 11.9. The molecule has 0 saturated carbocycles. The van der Waals surface area contributed by atoms with Crippen LogP contribution in [0, 0.1) is 13.8 Å². The van der Waals surface area contributed by atoms with Crippen LogP contribution in [0.4, 0.5) is 5.69 Å². The molecule has 0 aliphatic heterocycles. The first kappa shape index (κ1) is 14.6. The average molecular weight is 292 g/mol. The smallest absolute Gasteiger partial charge is 0.168 e. The molecule has 0 unspecified atom stereocenters. The number of aryl methyl sites for hydroxylation is 3. The number of aromatic nitrogens is 2. The summed E-state index contributed by atoms with van der Waals surface area (Å²) in [5.74, 6) is -0.00630. The van der Waals surface area contributed by atoms with E-state index < -0.39 is 0 Å². The Balaban J connectivity index is 2.30. The second-order valence-corrected chi connectivity index (χ2v) is 5.21. The minimum absolute atomic E-state index is 0.00630. The molecule has 0 aliphatic rings. The van der Waals surface area contributed by atoms with Crippen molar-refractivity contribution < 1.29 is 4.79 Å². The van der Waals surface area contributed by atoms with Gasteiger partial charge in [-0.05, 0) is 32.4 Å². The van der Waals surface area contributed by atoms with Crippen molar-refractivity contribution in [1.82, 2.24) is 9.78 Å². The number of nitrogens with zero attached hydrogens (tertiary/aromatic N) is 2. The second kappa shape index (κ2) is 5.67. The number of nitrogen functional groups attached to an aromatic ring is 1. The van der Waals surface area contributed by atoms with Gasteiger partial charge in [0.1, 0.15) is 0 Å². The summed E-state index contributed by atoms with van der Waals surface area (Å²) in [5, 5.41) is 4.88. The van der Waals surface area contributed by atoms with E-state index in [9.17, 15) is 4.79 Å². The minimum atomic E-state index is -0.00630. The van der Waals surface area contributed by atoms with Gasteiger partial charge in [0, 0.05) is 17.8 Å². The van der Waals surface area contributed by atoms with Crippen molar-refractivity contribution in [2.75, 3.05) is 5.73 Å². The maximum atomic E-state index is 12.4. The van der Waals surface area contributed by atoms with E-state index in [2.05, 4.69) is 5.10 Å². The van der Waals surface area contributed by atoms with Gasteiger partial charge in [-0.2, -0.15) is 5.10 Å². The number of rotatable bonds is 4. The van der Waals surface area contributed by atoms with E-state index in [1.807, 2.05) is 26.8 Å². The monoisotopic (exact) mass is 291 g/mol. The van der Waals surface area contributed by atoms with Crippen molar-refractivity contribution in [1.29, 1.82) is 0 Å². The van der Waals surface area contributed by atoms with Crippen molar-refractivity contribution in [3.63, 3.8) is 0 Å². The number of carbonyl (C=O) groups is 1. The van der Waals surface area contributed by atoms with Crippen LogP contribution in [-0.4, -0.2) is 15.6 Å².